The molecule has 2 aliphatic heterocycles. The number of esters is 3. The zero-order valence-corrected chi connectivity index (χ0v) is 23.6. The number of aliphatic hydroxyl groups excluding tert-OH is 1. The van der Waals surface area contributed by atoms with Crippen LogP contribution in [0.25, 0.3) is 0 Å². The summed E-state index contributed by atoms with van der Waals surface area (Å²) in [7, 11) is 0. The Hall–Kier alpha value is -2.71. The molecule has 2 aliphatic carbocycles. The number of hydrogen-bond donors (Lipinski definition) is 1. The zero-order chi connectivity index (χ0) is 28.2. The van der Waals surface area contributed by atoms with Gasteiger partial charge in [0, 0.05) is 34.6 Å². The summed E-state index contributed by atoms with van der Waals surface area (Å²) in [6.45, 7) is 14.9. The summed E-state index contributed by atoms with van der Waals surface area (Å²) in [5.74, 6) is -2.95. The van der Waals surface area contributed by atoms with Gasteiger partial charge in [-0.05, 0) is 70.3 Å². The van der Waals surface area contributed by atoms with E-state index in [1.165, 1.54) is 6.08 Å². The summed E-state index contributed by atoms with van der Waals surface area (Å²) in [5, 5.41) is 11.1. The van der Waals surface area contributed by atoms with Crippen molar-refractivity contribution in [1.29, 1.82) is 0 Å². The van der Waals surface area contributed by atoms with E-state index < -0.39 is 53.0 Å². The van der Waals surface area contributed by atoms with Crippen LogP contribution in [0.3, 0.4) is 0 Å². The highest BCUT2D eigenvalue weighted by atomic mass is 16.8. The van der Waals surface area contributed by atoms with E-state index in [2.05, 4.69) is 6.92 Å². The lowest BCUT2D eigenvalue weighted by molar-refractivity contribution is -0.290. The van der Waals surface area contributed by atoms with E-state index in [0.29, 0.717) is 36.0 Å². The van der Waals surface area contributed by atoms with Crippen molar-refractivity contribution in [3.05, 3.63) is 46.6 Å². The third-order valence-corrected chi connectivity index (χ3v) is 9.46. The van der Waals surface area contributed by atoms with Crippen molar-refractivity contribution in [3.63, 3.8) is 0 Å². The fourth-order valence-electron chi connectivity index (χ4n) is 7.02. The van der Waals surface area contributed by atoms with Crippen LogP contribution < -0.4 is 0 Å². The smallest absolute Gasteiger partial charge is 0.333 e. The molecule has 0 aromatic heterocycles. The molecule has 0 bridgehead atoms. The molecule has 4 rings (SSSR count). The first kappa shape index (κ1) is 28.3. The van der Waals surface area contributed by atoms with Crippen LogP contribution in [-0.2, 0) is 33.3 Å². The van der Waals surface area contributed by atoms with Crippen molar-refractivity contribution in [2.24, 2.45) is 22.7 Å². The predicted molar refractivity (Wildman–Crippen MR) is 139 cm³/mol. The maximum absolute atomic E-state index is 13.0. The van der Waals surface area contributed by atoms with Crippen LogP contribution >= 0.6 is 0 Å². The first-order valence-corrected chi connectivity index (χ1v) is 13.4. The third kappa shape index (κ3) is 4.45. The fourth-order valence-corrected chi connectivity index (χ4v) is 7.02. The average Bonchev–Trinajstić information content (AvgIpc) is 3.11. The highest BCUT2D eigenvalue weighted by Gasteiger charge is 2.65. The van der Waals surface area contributed by atoms with Gasteiger partial charge in [-0.1, -0.05) is 39.0 Å². The average molecular weight is 529 g/mol. The molecular weight excluding hydrogens is 488 g/mol. The van der Waals surface area contributed by atoms with Gasteiger partial charge >= 0.3 is 17.9 Å². The summed E-state index contributed by atoms with van der Waals surface area (Å²) in [4.78, 5) is 38.1. The fraction of sp³-hybridized carbons (Fsp3) is 0.633. The Balaban J connectivity index is 1.78. The zero-order valence-electron chi connectivity index (χ0n) is 23.6. The minimum Gasteiger partial charge on any atom is -0.455 e. The Labute approximate surface area is 224 Å². The van der Waals surface area contributed by atoms with E-state index in [4.69, 9.17) is 18.9 Å². The van der Waals surface area contributed by atoms with Crippen molar-refractivity contribution >= 4 is 17.9 Å². The van der Waals surface area contributed by atoms with E-state index >= 15 is 0 Å². The Morgan fingerprint density at radius 3 is 2.21 bits per heavy atom. The second kappa shape index (κ2) is 9.79. The monoisotopic (exact) mass is 528 g/mol. The van der Waals surface area contributed by atoms with E-state index in [-0.39, 0.29) is 11.8 Å². The molecule has 2 heterocycles. The molecule has 1 spiro atoms. The number of fused-ring (bicyclic) bond motifs is 3. The second-order valence-electron chi connectivity index (χ2n) is 12.0. The van der Waals surface area contributed by atoms with Gasteiger partial charge in [0.15, 0.2) is 6.29 Å². The molecule has 38 heavy (non-hydrogen) atoms. The quantitative estimate of drug-likeness (QED) is 0.243. The van der Waals surface area contributed by atoms with E-state index in [1.54, 1.807) is 46.8 Å². The molecule has 1 N–H and O–H groups in total. The minimum absolute atomic E-state index is 0.00830. The molecule has 1 saturated heterocycles. The summed E-state index contributed by atoms with van der Waals surface area (Å²) < 4.78 is 23.7. The van der Waals surface area contributed by atoms with Gasteiger partial charge in [-0.2, -0.15) is 0 Å². The third-order valence-electron chi connectivity index (χ3n) is 9.46. The van der Waals surface area contributed by atoms with Crippen molar-refractivity contribution < 1.29 is 38.4 Å². The van der Waals surface area contributed by atoms with Crippen molar-refractivity contribution in [3.8, 4) is 0 Å². The first-order valence-electron chi connectivity index (χ1n) is 13.4. The standard InChI is InChI=1S/C30H40O8/c1-9-16(3)25(32)35-21-15-29(8)20-14-30(18(5)13-23(31)37-30)38-27(34)19(20)11-12-22(29)28(6,7)24(21)36-26(33)17(4)10-2/h9-11,13,20-22,24,27,34H,12,14-15H2,1-8H3. The summed E-state index contributed by atoms with van der Waals surface area (Å²) >= 11 is 0. The largest absolute Gasteiger partial charge is 0.455 e. The maximum Gasteiger partial charge on any atom is 0.333 e. The lowest BCUT2D eigenvalue weighted by Gasteiger charge is -2.62. The van der Waals surface area contributed by atoms with Crippen LogP contribution in [0.15, 0.2) is 46.6 Å². The molecule has 2 fully saturated rings. The molecule has 8 nitrogen and oxygen atoms in total. The Bertz CT molecular complexity index is 1160. The normalized spacial score (nSPS) is 38.4. The Kier molecular flexibility index (Phi) is 7.29. The van der Waals surface area contributed by atoms with Crippen molar-refractivity contribution in [2.75, 3.05) is 0 Å². The lowest BCUT2D eigenvalue weighted by Crippen LogP contribution is -2.64. The van der Waals surface area contributed by atoms with E-state index in [1.807, 2.05) is 19.9 Å². The second-order valence-corrected chi connectivity index (χ2v) is 12.0. The topological polar surface area (TPSA) is 108 Å². The predicted octanol–water partition coefficient (Wildman–Crippen LogP) is 4.68. The molecule has 1 saturated carbocycles. The van der Waals surface area contributed by atoms with Crippen molar-refractivity contribution in [2.45, 2.75) is 98.9 Å². The van der Waals surface area contributed by atoms with E-state index in [9.17, 15) is 19.5 Å². The van der Waals surface area contributed by atoms with E-state index in [0.717, 1.165) is 5.57 Å². The molecule has 0 amide bonds. The van der Waals surface area contributed by atoms with Gasteiger partial charge in [0.1, 0.15) is 12.2 Å². The number of allylic oxidation sites excluding steroid dienone is 3. The number of aliphatic hydroxyl groups is 1. The van der Waals surface area contributed by atoms with Crippen LogP contribution in [0.5, 0.6) is 0 Å². The number of carbonyl (C=O) groups is 3. The Morgan fingerprint density at radius 1 is 1.05 bits per heavy atom. The van der Waals surface area contributed by atoms with Gasteiger partial charge in [-0.25, -0.2) is 14.4 Å². The number of carbonyl (C=O) groups excluding carboxylic acids is 3. The minimum atomic E-state index is -1.34. The molecule has 8 heteroatoms. The summed E-state index contributed by atoms with van der Waals surface area (Å²) in [6.07, 6.45) is 5.53. The summed E-state index contributed by atoms with van der Waals surface area (Å²) in [5.41, 5.74) is 1.22. The number of hydrogen-bond acceptors (Lipinski definition) is 8. The molecule has 0 aromatic rings. The lowest BCUT2D eigenvalue weighted by atomic mass is 9.46. The van der Waals surface area contributed by atoms with Gasteiger partial charge < -0.3 is 24.1 Å². The van der Waals surface area contributed by atoms with Crippen LogP contribution in [-0.4, -0.2) is 47.3 Å². The highest BCUT2D eigenvalue weighted by Crippen LogP contribution is 2.64. The van der Waals surface area contributed by atoms with Crippen LogP contribution in [0.2, 0.25) is 0 Å². The highest BCUT2D eigenvalue weighted by molar-refractivity contribution is 5.89. The number of ether oxygens (including phenoxy) is 4. The number of rotatable bonds is 4. The first-order chi connectivity index (χ1) is 17.7. The molecule has 208 valence electrons. The molecule has 0 radical (unpaired) electrons. The van der Waals surface area contributed by atoms with Gasteiger partial charge in [0.25, 0.3) is 0 Å². The molecular formula is C30H40O8. The summed E-state index contributed by atoms with van der Waals surface area (Å²) in [6, 6.07) is 0. The van der Waals surface area contributed by atoms with Crippen LogP contribution in [0.4, 0.5) is 0 Å². The van der Waals surface area contributed by atoms with Crippen molar-refractivity contribution in [1.82, 2.24) is 0 Å². The van der Waals surface area contributed by atoms with Crippen LogP contribution in [0.1, 0.15) is 74.7 Å². The molecule has 7 atom stereocenters. The molecule has 0 aromatic carbocycles. The Morgan fingerprint density at radius 2 is 1.66 bits per heavy atom. The SMILES string of the molecule is CC=C(C)C(=O)OC1CC2(C)C3CC4(OC(=O)C=C4C)OC(O)C3=CCC2C(C)(C)C1OC(=O)C(C)=CC. The van der Waals surface area contributed by atoms with Crippen LogP contribution in [0, 0.1) is 22.7 Å². The molecule has 4 aliphatic rings. The van der Waals surface area contributed by atoms with Gasteiger partial charge in [-0.3, -0.25) is 0 Å². The van der Waals surface area contributed by atoms with Gasteiger partial charge in [0.2, 0.25) is 5.79 Å². The maximum atomic E-state index is 13.0. The molecule has 7 unspecified atom stereocenters. The van der Waals surface area contributed by atoms with Gasteiger partial charge in [-0.15, -0.1) is 0 Å². The van der Waals surface area contributed by atoms with Gasteiger partial charge in [0.05, 0.1) is 0 Å².